The van der Waals surface area contributed by atoms with Gasteiger partial charge in [0.05, 0.1) is 5.48 Å². The molecular weight excluding hydrogens is 356 g/mol. The van der Waals surface area contributed by atoms with Crippen molar-refractivity contribution >= 4 is 38.6 Å². The molecule has 6 nitrogen and oxygen atoms in total. The molecule has 2 unspecified atom stereocenters. The van der Waals surface area contributed by atoms with Crippen LogP contribution in [0.5, 0.6) is 0 Å². The number of benzene rings is 1. The Morgan fingerprint density at radius 3 is 1.84 bits per heavy atom. The zero-order chi connectivity index (χ0) is 16.7. The van der Waals surface area contributed by atoms with Crippen LogP contribution in [0.25, 0.3) is 0 Å². The van der Waals surface area contributed by atoms with Crippen LogP contribution >= 0.6 is 38.6 Å². The maximum Gasteiger partial charge on any atom is 1.00 e. The predicted octanol–water partition coefficient (Wildman–Crippen LogP) is -5.18. The van der Waals surface area contributed by atoms with Crippen LogP contribution in [-0.2, 0) is 9.13 Å². The molecule has 0 fully saturated rings. The summed E-state index contributed by atoms with van der Waals surface area (Å²) in [5.74, 6) is 0. The Bertz CT molecular complexity index is 634. The third-order valence-electron chi connectivity index (χ3n) is 1.35. The van der Waals surface area contributed by atoms with Gasteiger partial charge < -0.3 is 28.7 Å². The summed E-state index contributed by atoms with van der Waals surface area (Å²) in [6.45, 7) is 0. The molecule has 0 spiro atoms. The maximum absolute atomic E-state index is 11.0. The molecule has 0 aliphatic heterocycles. The van der Waals surface area contributed by atoms with Crippen LogP contribution < -0.4 is 68.9 Å². The van der Waals surface area contributed by atoms with E-state index in [-0.39, 0.29) is 70.9 Å². The smallest absolute Gasteiger partial charge is 0.777 e. The summed E-state index contributed by atoms with van der Waals surface area (Å²) in [7, 11) is -11.2. The Morgan fingerprint density at radius 1 is 1.16 bits per heavy atom. The molecule has 2 N–H and O–H groups in total. The van der Waals surface area contributed by atoms with E-state index in [0.717, 1.165) is 0 Å². The van der Waals surface area contributed by atoms with Gasteiger partial charge in [0.1, 0.15) is 4.73 Å². The molecule has 1 aromatic rings. The number of rotatable bonds is 4. The molecule has 0 heterocycles. The van der Waals surface area contributed by atoms with Crippen molar-refractivity contribution in [1.82, 2.24) is 0 Å². The summed E-state index contributed by atoms with van der Waals surface area (Å²) in [4.78, 5) is 39.1. The topological polar surface area (TPSA) is 121 Å². The zero-order valence-corrected chi connectivity index (χ0v) is 17.1. The van der Waals surface area contributed by atoms with E-state index in [2.05, 4.69) is 0 Å². The minimum atomic E-state index is -5.58. The van der Waals surface area contributed by atoms with Gasteiger partial charge in [-0.3, -0.25) is 0 Å². The van der Waals surface area contributed by atoms with Crippen LogP contribution in [0.1, 0.15) is 5.48 Å². The Hall–Kier alpha value is 2.16. The second kappa shape index (κ2) is 9.33. The van der Waals surface area contributed by atoms with Gasteiger partial charge in [-0.25, -0.2) is 0 Å². The van der Waals surface area contributed by atoms with Crippen molar-refractivity contribution in [1.29, 1.82) is 0 Å². The van der Waals surface area contributed by atoms with Crippen LogP contribution in [0, 0.1) is 0 Å². The molecule has 0 saturated carbocycles. The first-order chi connectivity index (χ1) is 9.28. The fraction of sp³-hybridized carbons (Fsp3) is 0.143. The van der Waals surface area contributed by atoms with Crippen molar-refractivity contribution in [3.05, 3.63) is 29.2 Å². The summed E-state index contributed by atoms with van der Waals surface area (Å²) in [5.41, 5.74) is 0. The van der Waals surface area contributed by atoms with Crippen molar-refractivity contribution in [2.24, 2.45) is 0 Å². The first-order valence-corrected chi connectivity index (χ1v) is 8.33. The van der Waals surface area contributed by atoms with Crippen LogP contribution in [0.3, 0.4) is 0 Å². The Morgan fingerprint density at radius 2 is 1.53 bits per heavy atom. The van der Waals surface area contributed by atoms with Gasteiger partial charge in [-0.05, 0) is 24.2 Å². The Kier molecular flexibility index (Phi) is 7.88. The molecule has 0 saturated heterocycles. The molecule has 12 heteroatoms. The molecule has 0 bridgehead atoms. The molecule has 0 radical (unpaired) electrons. The van der Waals surface area contributed by atoms with Crippen LogP contribution in [0.15, 0.2) is 29.1 Å². The van der Waals surface area contributed by atoms with Gasteiger partial charge in [-0.1, -0.05) is 11.6 Å². The van der Waals surface area contributed by atoms with Crippen molar-refractivity contribution in [2.75, 3.05) is 0 Å². The third-order valence-corrected chi connectivity index (χ3v) is 7.29. The number of hydrogen-bond acceptors (Lipinski definition) is 5. The van der Waals surface area contributed by atoms with Gasteiger partial charge in [-0.15, -0.1) is 11.8 Å². The standard InChI is InChI=1S/C7H9ClO6P2S.2Na/c8-5-1-3-6(4-2-5)17-7(15(9,10)11)16(12,13)14;;/h1-4,7H,(H2,9,10,11)(H2,12,13,14);;/q;2*+1/p-2/i1D,2D,3D,4D;;. The average Bonchev–Trinajstić information content (AvgIpc) is 2.30. The van der Waals surface area contributed by atoms with Crippen molar-refractivity contribution in [3.63, 3.8) is 0 Å². The van der Waals surface area contributed by atoms with E-state index in [4.69, 9.17) is 26.9 Å². The predicted molar refractivity (Wildman–Crippen MR) is 60.7 cm³/mol. The SMILES string of the molecule is [2H]c1c([2H])c(SC(P(=O)([O-])O)P(=O)([O-])O)c([2H])c([2H])c1Cl.[Na+].[Na+]. The van der Waals surface area contributed by atoms with E-state index < -0.39 is 54.0 Å². The Labute approximate surface area is 169 Å². The summed E-state index contributed by atoms with van der Waals surface area (Å²) >= 11 is 5.29. The second-order valence-electron chi connectivity index (χ2n) is 2.72. The first-order valence-electron chi connectivity index (χ1n) is 5.78. The fourth-order valence-electron chi connectivity index (χ4n) is 0.768. The van der Waals surface area contributed by atoms with E-state index in [1.807, 2.05) is 0 Å². The quantitative estimate of drug-likeness (QED) is 0.310. The number of hydrogen-bond donors (Lipinski definition) is 2. The summed E-state index contributed by atoms with van der Waals surface area (Å²) in [5, 5.41) is -0.533. The first kappa shape index (κ1) is 16.0. The molecule has 96 valence electrons. The van der Waals surface area contributed by atoms with Crippen molar-refractivity contribution in [3.8, 4) is 0 Å². The van der Waals surface area contributed by atoms with Gasteiger partial charge >= 0.3 is 59.1 Å². The van der Waals surface area contributed by atoms with Gasteiger partial charge in [-0.2, -0.15) is 0 Å². The molecule has 1 aromatic carbocycles. The molecular formula is C7H7ClNa2O6P2S. The van der Waals surface area contributed by atoms with Gasteiger partial charge in [0.25, 0.3) is 0 Å². The fourth-order valence-corrected chi connectivity index (χ4v) is 4.47. The average molecular weight is 367 g/mol. The van der Waals surface area contributed by atoms with E-state index in [9.17, 15) is 18.9 Å². The molecule has 0 amide bonds. The van der Waals surface area contributed by atoms with Crippen LogP contribution in [0.2, 0.25) is 5.02 Å². The molecule has 0 aromatic heterocycles. The monoisotopic (exact) mass is 366 g/mol. The Balaban J connectivity index is 0. The number of halogens is 1. The van der Waals surface area contributed by atoms with Crippen LogP contribution in [0.4, 0.5) is 0 Å². The number of thioether (sulfide) groups is 1. The van der Waals surface area contributed by atoms with E-state index in [0.29, 0.717) is 0 Å². The minimum Gasteiger partial charge on any atom is -0.777 e. The minimum absolute atomic E-state index is 0. The maximum atomic E-state index is 11.0. The summed E-state index contributed by atoms with van der Waals surface area (Å²) in [6, 6.07) is -3.01. The van der Waals surface area contributed by atoms with Crippen LogP contribution in [-0.4, -0.2) is 14.5 Å². The van der Waals surface area contributed by atoms with E-state index >= 15 is 0 Å². The van der Waals surface area contributed by atoms with Gasteiger partial charge in [0.15, 0.2) is 15.2 Å². The van der Waals surface area contributed by atoms with E-state index in [1.54, 1.807) is 0 Å². The third kappa shape index (κ3) is 8.38. The molecule has 2 atom stereocenters. The summed E-state index contributed by atoms with van der Waals surface area (Å²) < 4.78 is 49.2. The van der Waals surface area contributed by atoms with Gasteiger partial charge in [0.2, 0.25) is 0 Å². The zero-order valence-electron chi connectivity index (χ0n) is 13.8. The molecule has 0 aliphatic rings. The normalized spacial score (nSPS) is 21.1. The van der Waals surface area contributed by atoms with Gasteiger partial charge in [0, 0.05) is 9.92 Å². The molecule has 19 heavy (non-hydrogen) atoms. The summed E-state index contributed by atoms with van der Waals surface area (Å²) in [6.07, 6.45) is 0. The second-order valence-corrected chi connectivity index (χ2v) is 8.60. The molecule has 0 aliphatic carbocycles. The van der Waals surface area contributed by atoms with Crippen molar-refractivity contribution < 1.29 is 93.3 Å². The largest absolute Gasteiger partial charge is 1.00 e. The van der Waals surface area contributed by atoms with Crippen molar-refractivity contribution in [2.45, 2.75) is 9.63 Å². The van der Waals surface area contributed by atoms with E-state index in [1.165, 1.54) is 0 Å². The molecule has 1 rings (SSSR count).